The summed E-state index contributed by atoms with van der Waals surface area (Å²) in [6.07, 6.45) is 2.60. The highest BCUT2D eigenvalue weighted by atomic mass is 79.9. The predicted octanol–water partition coefficient (Wildman–Crippen LogP) is 3.15. The minimum absolute atomic E-state index is 0.548. The standard InChI is InChI=1S/C14H15BrN2O2/c1-18-11-3-4-13(12(15)8-11)19-14-5-2-10(6-7-16)9-17-14/h2-5,8-9H,6-7,16H2,1H3. The topological polar surface area (TPSA) is 57.4 Å². The van der Waals surface area contributed by atoms with Crippen LogP contribution in [0.3, 0.4) is 0 Å². The molecule has 1 aromatic carbocycles. The molecule has 0 saturated heterocycles. The fourth-order valence-corrected chi connectivity index (χ4v) is 2.03. The summed E-state index contributed by atoms with van der Waals surface area (Å²) in [6, 6.07) is 9.31. The number of nitrogens with zero attached hydrogens (tertiary/aromatic N) is 1. The lowest BCUT2D eigenvalue weighted by Crippen LogP contribution is -2.02. The largest absolute Gasteiger partial charge is 0.497 e. The lowest BCUT2D eigenvalue weighted by molar-refractivity contribution is 0.411. The molecule has 0 atom stereocenters. The number of nitrogens with two attached hydrogens (primary N) is 1. The summed E-state index contributed by atoms with van der Waals surface area (Å²) in [5, 5.41) is 0. The second-order valence-corrected chi connectivity index (χ2v) is 4.80. The average Bonchev–Trinajstić information content (AvgIpc) is 2.43. The number of rotatable bonds is 5. The summed E-state index contributed by atoms with van der Waals surface area (Å²) in [5.74, 6) is 2.01. The zero-order chi connectivity index (χ0) is 13.7. The van der Waals surface area contributed by atoms with E-state index < -0.39 is 0 Å². The van der Waals surface area contributed by atoms with E-state index in [9.17, 15) is 0 Å². The van der Waals surface area contributed by atoms with E-state index in [1.54, 1.807) is 13.3 Å². The van der Waals surface area contributed by atoms with Gasteiger partial charge in [-0.3, -0.25) is 0 Å². The maximum Gasteiger partial charge on any atom is 0.219 e. The maximum atomic E-state index is 5.70. The SMILES string of the molecule is COc1ccc(Oc2ccc(CCN)cn2)c(Br)c1. The van der Waals surface area contributed by atoms with Gasteiger partial charge in [0.1, 0.15) is 11.5 Å². The van der Waals surface area contributed by atoms with E-state index in [1.807, 2.05) is 30.3 Å². The minimum atomic E-state index is 0.548. The number of methoxy groups -OCH3 is 1. The number of benzene rings is 1. The third-order valence-corrected chi connectivity index (χ3v) is 3.20. The fourth-order valence-electron chi connectivity index (χ4n) is 1.59. The van der Waals surface area contributed by atoms with Gasteiger partial charge in [0.25, 0.3) is 0 Å². The second kappa shape index (κ2) is 6.54. The Kier molecular flexibility index (Phi) is 4.76. The van der Waals surface area contributed by atoms with E-state index in [1.165, 1.54) is 0 Å². The van der Waals surface area contributed by atoms with Gasteiger partial charge in [0.15, 0.2) is 0 Å². The van der Waals surface area contributed by atoms with Gasteiger partial charge in [-0.1, -0.05) is 6.07 Å². The highest BCUT2D eigenvalue weighted by Gasteiger charge is 2.05. The summed E-state index contributed by atoms with van der Waals surface area (Å²) in [6.45, 7) is 0.617. The number of hydrogen-bond donors (Lipinski definition) is 1. The van der Waals surface area contributed by atoms with Gasteiger partial charge < -0.3 is 15.2 Å². The molecule has 0 fully saturated rings. The summed E-state index contributed by atoms with van der Waals surface area (Å²) in [7, 11) is 1.63. The Bertz CT molecular complexity index is 544. The predicted molar refractivity (Wildman–Crippen MR) is 77.8 cm³/mol. The number of hydrogen-bond acceptors (Lipinski definition) is 4. The van der Waals surface area contributed by atoms with Crippen LogP contribution in [0.25, 0.3) is 0 Å². The van der Waals surface area contributed by atoms with Crippen molar-refractivity contribution in [2.75, 3.05) is 13.7 Å². The number of ether oxygens (including phenoxy) is 2. The van der Waals surface area contributed by atoms with Crippen LogP contribution in [-0.2, 0) is 6.42 Å². The molecule has 1 heterocycles. The van der Waals surface area contributed by atoms with Gasteiger partial charge in [-0.15, -0.1) is 0 Å². The van der Waals surface area contributed by atoms with Crippen molar-refractivity contribution < 1.29 is 9.47 Å². The zero-order valence-corrected chi connectivity index (χ0v) is 12.2. The zero-order valence-electron chi connectivity index (χ0n) is 10.6. The smallest absolute Gasteiger partial charge is 0.219 e. The molecule has 0 unspecified atom stereocenters. The van der Waals surface area contributed by atoms with Crippen molar-refractivity contribution in [3.8, 4) is 17.4 Å². The first kappa shape index (κ1) is 13.8. The third-order valence-electron chi connectivity index (χ3n) is 2.58. The van der Waals surface area contributed by atoms with Crippen LogP contribution in [0.5, 0.6) is 17.4 Å². The molecule has 0 bridgehead atoms. The minimum Gasteiger partial charge on any atom is -0.497 e. The van der Waals surface area contributed by atoms with Crippen molar-refractivity contribution in [1.82, 2.24) is 4.98 Å². The molecule has 4 nitrogen and oxygen atoms in total. The molecule has 5 heteroatoms. The van der Waals surface area contributed by atoms with Crippen LogP contribution >= 0.6 is 15.9 Å². The van der Waals surface area contributed by atoms with Crippen LogP contribution in [-0.4, -0.2) is 18.6 Å². The fraction of sp³-hybridized carbons (Fsp3) is 0.214. The molecule has 0 aliphatic rings. The van der Waals surface area contributed by atoms with Gasteiger partial charge >= 0.3 is 0 Å². The van der Waals surface area contributed by atoms with Crippen LogP contribution in [0.1, 0.15) is 5.56 Å². The number of halogens is 1. The van der Waals surface area contributed by atoms with Crippen molar-refractivity contribution in [2.24, 2.45) is 5.73 Å². The summed E-state index contributed by atoms with van der Waals surface area (Å²) in [5.41, 5.74) is 6.59. The van der Waals surface area contributed by atoms with Gasteiger partial charge in [0, 0.05) is 12.3 Å². The van der Waals surface area contributed by atoms with Crippen LogP contribution in [0, 0.1) is 0 Å². The van der Waals surface area contributed by atoms with Crippen molar-refractivity contribution in [3.63, 3.8) is 0 Å². The lowest BCUT2D eigenvalue weighted by atomic mass is 10.2. The molecule has 2 N–H and O–H groups in total. The molecular weight excluding hydrogens is 308 g/mol. The summed E-state index contributed by atoms with van der Waals surface area (Å²) < 4.78 is 11.6. The van der Waals surface area contributed by atoms with E-state index in [0.717, 1.165) is 22.2 Å². The molecule has 0 aliphatic carbocycles. The van der Waals surface area contributed by atoms with Gasteiger partial charge in [-0.25, -0.2) is 4.98 Å². The van der Waals surface area contributed by atoms with Gasteiger partial charge in [-0.2, -0.15) is 0 Å². The van der Waals surface area contributed by atoms with E-state index >= 15 is 0 Å². The Balaban J connectivity index is 2.12. The Hall–Kier alpha value is -1.59. The lowest BCUT2D eigenvalue weighted by Gasteiger charge is -2.08. The van der Waals surface area contributed by atoms with Crippen molar-refractivity contribution in [3.05, 3.63) is 46.6 Å². The first-order valence-corrected chi connectivity index (χ1v) is 6.68. The maximum absolute atomic E-state index is 5.70. The normalized spacial score (nSPS) is 10.3. The first-order chi connectivity index (χ1) is 9.22. The van der Waals surface area contributed by atoms with E-state index in [2.05, 4.69) is 20.9 Å². The van der Waals surface area contributed by atoms with E-state index in [4.69, 9.17) is 15.2 Å². The first-order valence-electron chi connectivity index (χ1n) is 5.89. The molecule has 2 aromatic rings. The highest BCUT2D eigenvalue weighted by molar-refractivity contribution is 9.10. The molecule has 1 aromatic heterocycles. The van der Waals surface area contributed by atoms with Gasteiger partial charge in [0.2, 0.25) is 5.88 Å². The molecule has 0 radical (unpaired) electrons. The molecular formula is C14H15BrN2O2. The summed E-state index contributed by atoms with van der Waals surface area (Å²) in [4.78, 5) is 4.25. The van der Waals surface area contributed by atoms with Gasteiger partial charge in [0.05, 0.1) is 11.6 Å². The number of pyridine rings is 1. The molecule has 100 valence electrons. The van der Waals surface area contributed by atoms with E-state index in [-0.39, 0.29) is 0 Å². The monoisotopic (exact) mass is 322 g/mol. The van der Waals surface area contributed by atoms with Crippen molar-refractivity contribution in [1.29, 1.82) is 0 Å². The quantitative estimate of drug-likeness (QED) is 0.918. The van der Waals surface area contributed by atoms with Crippen LogP contribution in [0.4, 0.5) is 0 Å². The van der Waals surface area contributed by atoms with Crippen molar-refractivity contribution >= 4 is 15.9 Å². The second-order valence-electron chi connectivity index (χ2n) is 3.94. The molecule has 0 aliphatic heterocycles. The Morgan fingerprint density at radius 1 is 1.26 bits per heavy atom. The third kappa shape index (κ3) is 3.68. The molecule has 19 heavy (non-hydrogen) atoms. The molecule has 0 amide bonds. The van der Waals surface area contributed by atoms with Crippen LogP contribution < -0.4 is 15.2 Å². The number of aromatic nitrogens is 1. The average molecular weight is 323 g/mol. The van der Waals surface area contributed by atoms with E-state index in [0.29, 0.717) is 18.2 Å². The molecule has 0 saturated carbocycles. The Labute approximate surface area is 120 Å². The van der Waals surface area contributed by atoms with Crippen molar-refractivity contribution in [2.45, 2.75) is 6.42 Å². The van der Waals surface area contributed by atoms with Crippen LogP contribution in [0.2, 0.25) is 0 Å². The summed E-state index contributed by atoms with van der Waals surface area (Å²) >= 11 is 3.44. The Morgan fingerprint density at radius 2 is 2.11 bits per heavy atom. The molecule has 0 spiro atoms. The van der Waals surface area contributed by atoms with Gasteiger partial charge in [-0.05, 0) is 52.7 Å². The Morgan fingerprint density at radius 3 is 2.68 bits per heavy atom. The highest BCUT2D eigenvalue weighted by Crippen LogP contribution is 2.31. The van der Waals surface area contributed by atoms with Crippen LogP contribution in [0.15, 0.2) is 41.0 Å². The molecule has 2 rings (SSSR count).